The van der Waals surface area contributed by atoms with Crippen molar-refractivity contribution in [2.45, 2.75) is 12.1 Å². The van der Waals surface area contributed by atoms with Crippen molar-refractivity contribution in [1.82, 2.24) is 24.5 Å². The number of ketones is 1. The number of thioether (sulfide) groups is 1. The Morgan fingerprint density at radius 2 is 2.16 bits per heavy atom. The summed E-state index contributed by atoms with van der Waals surface area (Å²) in [5, 5.41) is 21.9. The number of carbonyl (C=O) groups is 2. The molecule has 1 N–H and O–H groups in total. The molecule has 32 heavy (non-hydrogen) atoms. The van der Waals surface area contributed by atoms with Gasteiger partial charge in [-0.2, -0.15) is 19.4 Å². The molecule has 0 spiro atoms. The molecule has 4 aromatic rings. The quantitative estimate of drug-likeness (QED) is 0.249. The molecule has 0 aliphatic carbocycles. The number of ether oxygens (including phenoxy) is 2. The first kappa shape index (κ1) is 20.2. The van der Waals surface area contributed by atoms with Crippen LogP contribution in [0.4, 0.5) is 5.69 Å². The van der Waals surface area contributed by atoms with E-state index in [9.17, 15) is 9.59 Å². The molecule has 0 radical (unpaired) electrons. The van der Waals surface area contributed by atoms with Crippen LogP contribution in [0, 0.1) is 0 Å². The summed E-state index contributed by atoms with van der Waals surface area (Å²) in [6.07, 6.45) is 3.23. The highest BCUT2D eigenvalue weighted by Gasteiger charge is 2.21. The van der Waals surface area contributed by atoms with Gasteiger partial charge in [0.2, 0.25) is 17.9 Å². The van der Waals surface area contributed by atoms with E-state index in [1.807, 2.05) is 17.5 Å². The molecule has 0 saturated heterocycles. The number of benzene rings is 1. The van der Waals surface area contributed by atoms with Crippen LogP contribution in [0.5, 0.6) is 11.5 Å². The lowest BCUT2D eigenvalue weighted by atomic mass is 10.1. The van der Waals surface area contributed by atoms with E-state index >= 15 is 0 Å². The average Bonchev–Trinajstić information content (AvgIpc) is 3.55. The van der Waals surface area contributed by atoms with Crippen molar-refractivity contribution in [3.63, 3.8) is 0 Å². The molecule has 3 aromatic heterocycles. The Morgan fingerprint density at radius 1 is 1.31 bits per heavy atom. The highest BCUT2D eigenvalue weighted by atomic mass is 32.2. The maximum atomic E-state index is 12.5. The van der Waals surface area contributed by atoms with Crippen LogP contribution >= 0.6 is 23.1 Å². The molecule has 1 amide bonds. The predicted octanol–water partition coefficient (Wildman–Crippen LogP) is 2.53. The predicted molar refractivity (Wildman–Crippen MR) is 118 cm³/mol. The number of aromatic nitrogens is 5. The van der Waals surface area contributed by atoms with E-state index in [0.717, 1.165) is 16.6 Å². The van der Waals surface area contributed by atoms with Crippen LogP contribution in [-0.4, -0.2) is 54.9 Å². The lowest BCUT2D eigenvalue weighted by molar-refractivity contribution is -0.113. The van der Waals surface area contributed by atoms with Crippen LogP contribution in [0.15, 0.2) is 46.2 Å². The number of anilines is 1. The van der Waals surface area contributed by atoms with Crippen molar-refractivity contribution in [3.8, 4) is 11.5 Å². The van der Waals surface area contributed by atoms with Gasteiger partial charge in [-0.1, -0.05) is 17.8 Å². The van der Waals surface area contributed by atoms with Crippen molar-refractivity contribution in [2.24, 2.45) is 5.10 Å². The van der Waals surface area contributed by atoms with E-state index in [2.05, 4.69) is 25.7 Å². The number of hydrogen-bond donors (Lipinski definition) is 1. The summed E-state index contributed by atoms with van der Waals surface area (Å²) < 4.78 is 13.6. The van der Waals surface area contributed by atoms with Gasteiger partial charge in [-0.05, 0) is 24.4 Å². The van der Waals surface area contributed by atoms with E-state index in [-0.39, 0.29) is 24.2 Å². The lowest BCUT2D eigenvalue weighted by Crippen LogP contribution is -2.16. The standard InChI is InChI=1S/C19H15N7O4S2/c1-11(27)13-5-15-16(30-10-29-15)6-14(13)22-17(28)8-32-19-24-23-18-25(9-21-26(18)19)20-7-12-3-2-4-31-12/h2-7,9H,8,10H2,1H3,(H,22,28)/b20-7-. The van der Waals surface area contributed by atoms with Gasteiger partial charge >= 0.3 is 0 Å². The normalized spacial score (nSPS) is 12.7. The molecular formula is C19H15N7O4S2. The molecule has 0 bridgehead atoms. The number of amides is 1. The van der Waals surface area contributed by atoms with Crippen molar-refractivity contribution in [3.05, 3.63) is 46.4 Å². The summed E-state index contributed by atoms with van der Waals surface area (Å²) in [4.78, 5) is 25.5. The third kappa shape index (κ3) is 3.94. The topological polar surface area (TPSA) is 125 Å². The maximum Gasteiger partial charge on any atom is 0.275 e. The van der Waals surface area contributed by atoms with Crippen LogP contribution in [0.2, 0.25) is 0 Å². The van der Waals surface area contributed by atoms with Crippen LogP contribution in [-0.2, 0) is 4.79 Å². The number of fused-ring (bicyclic) bond motifs is 2. The van der Waals surface area contributed by atoms with Gasteiger partial charge in [-0.15, -0.1) is 21.5 Å². The summed E-state index contributed by atoms with van der Waals surface area (Å²) in [7, 11) is 0. The molecule has 1 aromatic carbocycles. The highest BCUT2D eigenvalue weighted by Crippen LogP contribution is 2.37. The Labute approximate surface area is 189 Å². The molecule has 13 heteroatoms. The molecular weight excluding hydrogens is 454 g/mol. The molecule has 4 heterocycles. The lowest BCUT2D eigenvalue weighted by Gasteiger charge is -2.10. The van der Waals surface area contributed by atoms with Gasteiger partial charge in [0.1, 0.15) is 6.33 Å². The summed E-state index contributed by atoms with van der Waals surface area (Å²) in [6, 6.07) is 7.04. The van der Waals surface area contributed by atoms with E-state index in [1.165, 1.54) is 22.4 Å². The van der Waals surface area contributed by atoms with E-state index in [4.69, 9.17) is 9.47 Å². The Bertz CT molecular complexity index is 1340. The molecule has 0 unspecified atom stereocenters. The average molecular weight is 470 g/mol. The SMILES string of the molecule is CC(=O)c1cc2c(cc1NC(=O)CSc1nnc3n(/N=C\c4cccs4)cnn13)OCO2. The number of carbonyl (C=O) groups excluding carboxylic acids is 2. The number of Topliss-reactive ketones (excluding diaryl/α,β-unsaturated/α-hetero) is 1. The number of hydrogen-bond acceptors (Lipinski definition) is 10. The third-order valence-corrected chi connectivity index (χ3v) is 6.15. The fourth-order valence-corrected chi connectivity index (χ4v) is 4.22. The molecule has 0 fully saturated rings. The van der Waals surface area contributed by atoms with Crippen LogP contribution in [0.25, 0.3) is 5.78 Å². The molecule has 1 aliphatic heterocycles. The fraction of sp³-hybridized carbons (Fsp3) is 0.158. The number of rotatable bonds is 7. The Morgan fingerprint density at radius 3 is 2.94 bits per heavy atom. The zero-order valence-electron chi connectivity index (χ0n) is 16.6. The van der Waals surface area contributed by atoms with Gasteiger partial charge in [0.25, 0.3) is 5.78 Å². The Hall–Kier alpha value is -3.71. The summed E-state index contributed by atoms with van der Waals surface area (Å²) >= 11 is 2.73. The summed E-state index contributed by atoms with van der Waals surface area (Å²) in [6.45, 7) is 1.50. The monoisotopic (exact) mass is 469 g/mol. The summed E-state index contributed by atoms with van der Waals surface area (Å²) in [5.41, 5.74) is 0.714. The van der Waals surface area contributed by atoms with Crippen molar-refractivity contribution >= 4 is 52.5 Å². The molecule has 5 rings (SSSR count). The first-order valence-corrected chi connectivity index (χ1v) is 11.2. The number of nitrogens with zero attached hydrogens (tertiary/aromatic N) is 6. The van der Waals surface area contributed by atoms with Crippen LogP contribution < -0.4 is 14.8 Å². The third-order valence-electron chi connectivity index (χ3n) is 4.43. The second kappa shape index (κ2) is 8.43. The molecule has 0 atom stereocenters. The Kier molecular flexibility index (Phi) is 5.33. The second-order valence-electron chi connectivity index (χ2n) is 6.57. The maximum absolute atomic E-state index is 12.5. The molecule has 0 saturated carbocycles. The van der Waals surface area contributed by atoms with Crippen molar-refractivity contribution in [1.29, 1.82) is 0 Å². The summed E-state index contributed by atoms with van der Waals surface area (Å²) in [5.74, 6) is 0.909. The van der Waals surface area contributed by atoms with Crippen molar-refractivity contribution < 1.29 is 19.1 Å². The van der Waals surface area contributed by atoms with Gasteiger partial charge in [0.05, 0.1) is 17.7 Å². The van der Waals surface area contributed by atoms with E-state index < -0.39 is 0 Å². The van der Waals surface area contributed by atoms with E-state index in [0.29, 0.717) is 33.7 Å². The first-order valence-electron chi connectivity index (χ1n) is 9.32. The van der Waals surface area contributed by atoms with Gasteiger partial charge in [0.15, 0.2) is 17.3 Å². The molecule has 1 aliphatic rings. The van der Waals surface area contributed by atoms with Gasteiger partial charge in [-0.25, -0.2) is 0 Å². The fourth-order valence-electron chi connectivity index (χ4n) is 2.96. The zero-order chi connectivity index (χ0) is 22.1. The molecule has 11 nitrogen and oxygen atoms in total. The largest absolute Gasteiger partial charge is 0.454 e. The minimum atomic E-state index is -0.316. The van der Waals surface area contributed by atoms with E-state index in [1.54, 1.807) is 29.7 Å². The zero-order valence-corrected chi connectivity index (χ0v) is 18.2. The highest BCUT2D eigenvalue weighted by molar-refractivity contribution is 7.99. The second-order valence-corrected chi connectivity index (χ2v) is 8.50. The minimum absolute atomic E-state index is 0.0396. The minimum Gasteiger partial charge on any atom is -0.454 e. The van der Waals surface area contributed by atoms with Crippen LogP contribution in [0.3, 0.4) is 0 Å². The first-order chi connectivity index (χ1) is 15.6. The number of nitrogens with one attached hydrogen (secondary N) is 1. The van der Waals surface area contributed by atoms with Gasteiger partial charge in [0, 0.05) is 16.5 Å². The molecule has 162 valence electrons. The van der Waals surface area contributed by atoms with Gasteiger partial charge in [-0.3, -0.25) is 9.59 Å². The smallest absolute Gasteiger partial charge is 0.275 e. The van der Waals surface area contributed by atoms with Gasteiger partial charge < -0.3 is 14.8 Å². The van der Waals surface area contributed by atoms with Crippen LogP contribution in [0.1, 0.15) is 22.2 Å². The number of thiophene rings is 1. The Balaban J connectivity index is 1.27. The van der Waals surface area contributed by atoms with Crippen molar-refractivity contribution in [2.75, 3.05) is 17.9 Å².